The quantitative estimate of drug-likeness (QED) is 0.801. The van der Waals surface area contributed by atoms with Gasteiger partial charge in [-0.25, -0.2) is 9.78 Å². The number of aromatic nitrogens is 2. The minimum Gasteiger partial charge on any atom is -0.467 e. The number of fused-ring (bicyclic) bond motifs is 1. The number of hydrogen-bond donors (Lipinski definition) is 0. The second kappa shape index (κ2) is 5.79. The van der Waals surface area contributed by atoms with Gasteiger partial charge in [-0.2, -0.15) is 0 Å². The van der Waals surface area contributed by atoms with E-state index >= 15 is 0 Å². The van der Waals surface area contributed by atoms with Crippen LogP contribution in [0.5, 0.6) is 0 Å². The van der Waals surface area contributed by atoms with E-state index in [-0.39, 0.29) is 12.0 Å². The molecule has 0 aliphatic carbocycles. The summed E-state index contributed by atoms with van der Waals surface area (Å²) in [5, 5.41) is 0. The highest BCUT2D eigenvalue weighted by Crippen LogP contribution is 2.34. The van der Waals surface area contributed by atoms with Crippen LogP contribution in [0, 0.1) is 0 Å². The zero-order chi connectivity index (χ0) is 15.0. The van der Waals surface area contributed by atoms with Crippen LogP contribution >= 0.6 is 0 Å². The maximum Gasteiger partial charge on any atom is 0.328 e. The predicted molar refractivity (Wildman–Crippen MR) is 80.3 cm³/mol. The summed E-state index contributed by atoms with van der Waals surface area (Å²) in [6.45, 7) is 6.64. The standard InChI is InChI=1S/C16H25N3O2/c1-11(2)18-8-7-12(10-18)15-17-9-13-5-4-6-14(19(13)15)16(20)21-3/h9,11-12,14H,4-8,10H2,1-3H3. The van der Waals surface area contributed by atoms with Crippen molar-refractivity contribution in [3.63, 3.8) is 0 Å². The van der Waals surface area contributed by atoms with Crippen molar-refractivity contribution in [1.82, 2.24) is 14.5 Å². The summed E-state index contributed by atoms with van der Waals surface area (Å²) >= 11 is 0. The highest BCUT2D eigenvalue weighted by Gasteiger charge is 2.34. The molecule has 1 saturated heterocycles. The molecule has 1 aromatic rings. The van der Waals surface area contributed by atoms with Crippen molar-refractivity contribution in [3.05, 3.63) is 17.7 Å². The second-order valence-corrected chi connectivity index (χ2v) is 6.48. The van der Waals surface area contributed by atoms with E-state index in [9.17, 15) is 4.79 Å². The Bertz CT molecular complexity index is 524. The van der Waals surface area contributed by atoms with Gasteiger partial charge in [-0.3, -0.25) is 0 Å². The van der Waals surface area contributed by atoms with E-state index in [0.717, 1.165) is 44.6 Å². The summed E-state index contributed by atoms with van der Waals surface area (Å²) in [6.07, 6.45) is 6.00. The van der Waals surface area contributed by atoms with Gasteiger partial charge < -0.3 is 14.2 Å². The van der Waals surface area contributed by atoms with Crippen molar-refractivity contribution in [2.45, 2.75) is 57.5 Å². The van der Waals surface area contributed by atoms with Gasteiger partial charge in [0.05, 0.1) is 7.11 Å². The molecule has 1 aromatic heterocycles. The number of carbonyl (C=O) groups is 1. The number of ether oxygens (including phenoxy) is 1. The van der Waals surface area contributed by atoms with E-state index < -0.39 is 0 Å². The third-order valence-corrected chi connectivity index (χ3v) is 4.91. The number of hydrogen-bond acceptors (Lipinski definition) is 4. The Labute approximate surface area is 126 Å². The van der Waals surface area contributed by atoms with Crippen LogP contribution in [0.15, 0.2) is 6.20 Å². The number of carbonyl (C=O) groups excluding carboxylic acids is 1. The molecule has 2 unspecified atom stereocenters. The maximum absolute atomic E-state index is 12.1. The van der Waals surface area contributed by atoms with Crippen LogP contribution in [0.1, 0.15) is 56.6 Å². The molecule has 0 amide bonds. The van der Waals surface area contributed by atoms with Gasteiger partial charge in [0.15, 0.2) is 0 Å². The van der Waals surface area contributed by atoms with Crippen LogP contribution in [0.2, 0.25) is 0 Å². The molecule has 0 spiro atoms. The Morgan fingerprint density at radius 2 is 2.24 bits per heavy atom. The maximum atomic E-state index is 12.1. The van der Waals surface area contributed by atoms with Crippen molar-refractivity contribution < 1.29 is 9.53 Å². The Balaban J connectivity index is 1.88. The molecule has 0 bridgehead atoms. The fourth-order valence-corrected chi connectivity index (χ4v) is 3.69. The van der Waals surface area contributed by atoms with Gasteiger partial charge in [0.25, 0.3) is 0 Å². The summed E-state index contributed by atoms with van der Waals surface area (Å²) in [7, 11) is 1.48. The van der Waals surface area contributed by atoms with Gasteiger partial charge >= 0.3 is 5.97 Å². The van der Waals surface area contributed by atoms with Crippen molar-refractivity contribution >= 4 is 5.97 Å². The number of methoxy groups -OCH3 is 1. The van der Waals surface area contributed by atoms with Gasteiger partial charge in [0, 0.05) is 30.4 Å². The third kappa shape index (κ3) is 2.59. The second-order valence-electron chi connectivity index (χ2n) is 6.48. The molecule has 5 nitrogen and oxygen atoms in total. The Hall–Kier alpha value is -1.36. The van der Waals surface area contributed by atoms with Crippen molar-refractivity contribution in [3.8, 4) is 0 Å². The SMILES string of the molecule is COC(=O)C1CCCc2cnc(C3CCN(C(C)C)C3)n21. The molecular weight excluding hydrogens is 266 g/mol. The lowest BCUT2D eigenvalue weighted by atomic mass is 10.0. The van der Waals surface area contributed by atoms with Gasteiger partial charge in [-0.1, -0.05) is 0 Å². The van der Waals surface area contributed by atoms with Gasteiger partial charge in [0.2, 0.25) is 0 Å². The largest absolute Gasteiger partial charge is 0.467 e. The Kier molecular flexibility index (Phi) is 4.02. The van der Waals surface area contributed by atoms with Crippen molar-refractivity contribution in [1.29, 1.82) is 0 Å². The molecule has 2 aliphatic heterocycles. The van der Waals surface area contributed by atoms with E-state index in [4.69, 9.17) is 4.74 Å². The topological polar surface area (TPSA) is 47.4 Å². The monoisotopic (exact) mass is 291 g/mol. The molecular formula is C16H25N3O2. The molecule has 21 heavy (non-hydrogen) atoms. The molecule has 5 heteroatoms. The molecule has 3 heterocycles. The summed E-state index contributed by atoms with van der Waals surface area (Å²) in [4.78, 5) is 19.2. The van der Waals surface area contributed by atoms with E-state index in [1.54, 1.807) is 0 Å². The number of likely N-dealkylation sites (tertiary alicyclic amines) is 1. The first-order valence-corrected chi connectivity index (χ1v) is 7.99. The lowest BCUT2D eigenvalue weighted by molar-refractivity contribution is -0.145. The average Bonchev–Trinajstić information content (AvgIpc) is 3.12. The third-order valence-electron chi connectivity index (χ3n) is 4.91. The zero-order valence-electron chi connectivity index (χ0n) is 13.2. The van der Waals surface area contributed by atoms with Crippen LogP contribution in [0.4, 0.5) is 0 Å². The van der Waals surface area contributed by atoms with Gasteiger partial charge in [-0.15, -0.1) is 0 Å². The van der Waals surface area contributed by atoms with Crippen molar-refractivity contribution in [2.24, 2.45) is 0 Å². The summed E-state index contributed by atoms with van der Waals surface area (Å²) in [6, 6.07) is 0.395. The molecule has 1 fully saturated rings. The first-order chi connectivity index (χ1) is 10.1. The van der Waals surface area contributed by atoms with E-state index in [1.807, 2.05) is 6.20 Å². The Morgan fingerprint density at radius 1 is 1.43 bits per heavy atom. The number of imidazole rings is 1. The van der Waals surface area contributed by atoms with Crippen LogP contribution in [-0.4, -0.2) is 46.7 Å². The molecule has 0 radical (unpaired) electrons. The first-order valence-electron chi connectivity index (χ1n) is 7.99. The Morgan fingerprint density at radius 3 is 2.90 bits per heavy atom. The smallest absolute Gasteiger partial charge is 0.328 e. The average molecular weight is 291 g/mol. The predicted octanol–water partition coefficient (Wildman–Crippen LogP) is 2.13. The van der Waals surface area contributed by atoms with Crippen molar-refractivity contribution in [2.75, 3.05) is 20.2 Å². The van der Waals surface area contributed by atoms with E-state index in [0.29, 0.717) is 12.0 Å². The number of rotatable bonds is 3. The number of nitrogens with zero attached hydrogens (tertiary/aromatic N) is 3. The molecule has 3 rings (SSSR count). The summed E-state index contributed by atoms with van der Waals surface area (Å²) in [5.41, 5.74) is 1.19. The van der Waals surface area contributed by atoms with Gasteiger partial charge in [0.1, 0.15) is 11.9 Å². The summed E-state index contributed by atoms with van der Waals surface area (Å²) < 4.78 is 7.17. The van der Waals surface area contributed by atoms with Crippen LogP contribution in [-0.2, 0) is 16.0 Å². The van der Waals surface area contributed by atoms with E-state index in [2.05, 4.69) is 28.3 Å². The molecule has 0 saturated carbocycles. The van der Waals surface area contributed by atoms with Crippen LogP contribution < -0.4 is 0 Å². The number of aryl methyl sites for hydroxylation is 1. The van der Waals surface area contributed by atoms with E-state index in [1.165, 1.54) is 12.8 Å². The fourth-order valence-electron chi connectivity index (χ4n) is 3.69. The minimum atomic E-state index is -0.177. The van der Waals surface area contributed by atoms with Crippen LogP contribution in [0.25, 0.3) is 0 Å². The normalized spacial score (nSPS) is 26.1. The first kappa shape index (κ1) is 14.6. The van der Waals surface area contributed by atoms with Gasteiger partial charge in [-0.05, 0) is 46.1 Å². The zero-order valence-corrected chi connectivity index (χ0v) is 13.2. The highest BCUT2D eigenvalue weighted by atomic mass is 16.5. The fraction of sp³-hybridized carbons (Fsp3) is 0.750. The molecule has 116 valence electrons. The lowest BCUT2D eigenvalue weighted by Gasteiger charge is -2.27. The summed E-state index contributed by atoms with van der Waals surface area (Å²) in [5.74, 6) is 1.39. The molecule has 0 N–H and O–H groups in total. The highest BCUT2D eigenvalue weighted by molar-refractivity contribution is 5.74. The molecule has 0 aromatic carbocycles. The lowest BCUT2D eigenvalue weighted by Crippen LogP contribution is -2.30. The minimum absolute atomic E-state index is 0.131. The molecule has 2 atom stereocenters. The molecule has 2 aliphatic rings. The number of esters is 1. The van der Waals surface area contributed by atoms with Crippen LogP contribution in [0.3, 0.4) is 0 Å².